The van der Waals surface area contributed by atoms with Crippen molar-refractivity contribution in [2.45, 2.75) is 36.6 Å². The minimum Gasteiger partial charge on any atom is -0.472 e. The summed E-state index contributed by atoms with van der Waals surface area (Å²) in [6.07, 6.45) is -1.08. The average Bonchev–Trinajstić information content (AvgIpc) is 3.15. The van der Waals surface area contributed by atoms with E-state index in [4.69, 9.17) is 4.74 Å². The number of alkyl halides is 3. The lowest BCUT2D eigenvalue weighted by molar-refractivity contribution is -0.137. The Labute approximate surface area is 184 Å². The Balaban J connectivity index is 1.43. The van der Waals surface area contributed by atoms with Gasteiger partial charge in [-0.1, -0.05) is 12.6 Å². The van der Waals surface area contributed by atoms with Crippen molar-refractivity contribution < 1.29 is 26.3 Å². The van der Waals surface area contributed by atoms with E-state index < -0.39 is 21.8 Å². The molecule has 1 aromatic carbocycles. The van der Waals surface area contributed by atoms with Crippen molar-refractivity contribution in [3.63, 3.8) is 0 Å². The summed E-state index contributed by atoms with van der Waals surface area (Å²) < 4.78 is 72.2. The normalized spacial score (nSPS) is 22.5. The summed E-state index contributed by atoms with van der Waals surface area (Å²) in [6.45, 7) is 7.13. The molecule has 0 radical (unpaired) electrons. The third kappa shape index (κ3) is 4.64. The first kappa shape index (κ1) is 22.7. The van der Waals surface area contributed by atoms with Crippen LogP contribution in [-0.2, 0) is 16.2 Å². The maximum atomic E-state index is 13.0. The Bertz CT molecular complexity index is 1110. The third-order valence-electron chi connectivity index (χ3n) is 5.69. The van der Waals surface area contributed by atoms with Crippen molar-refractivity contribution in [2.75, 3.05) is 26.2 Å². The van der Waals surface area contributed by atoms with E-state index in [9.17, 15) is 21.6 Å². The van der Waals surface area contributed by atoms with E-state index >= 15 is 0 Å². The number of hydrogen-bond acceptors (Lipinski definition) is 6. The summed E-state index contributed by atoms with van der Waals surface area (Å²) >= 11 is 0. The molecule has 172 valence electrons. The first-order valence-corrected chi connectivity index (χ1v) is 11.5. The number of allylic oxidation sites excluding steroid dienone is 1. The zero-order valence-corrected chi connectivity index (χ0v) is 18.2. The number of rotatable bonds is 5. The van der Waals surface area contributed by atoms with Crippen molar-refractivity contribution in [1.82, 2.24) is 19.2 Å². The molecule has 2 atom stereocenters. The van der Waals surface area contributed by atoms with E-state index in [1.165, 1.54) is 16.6 Å². The summed E-state index contributed by atoms with van der Waals surface area (Å²) in [5.74, 6) is 0.383. The van der Waals surface area contributed by atoms with Gasteiger partial charge in [-0.25, -0.2) is 18.4 Å². The van der Waals surface area contributed by atoms with Crippen LogP contribution in [0.5, 0.6) is 5.88 Å². The van der Waals surface area contributed by atoms with Crippen molar-refractivity contribution in [2.24, 2.45) is 0 Å². The van der Waals surface area contributed by atoms with Gasteiger partial charge in [0.2, 0.25) is 15.9 Å². The van der Waals surface area contributed by atoms with Gasteiger partial charge in [-0.15, -0.1) is 0 Å². The van der Waals surface area contributed by atoms with Crippen LogP contribution < -0.4 is 4.74 Å². The van der Waals surface area contributed by atoms with Gasteiger partial charge in [0.25, 0.3) is 0 Å². The van der Waals surface area contributed by atoms with E-state index in [1.807, 2.05) is 6.92 Å². The number of nitrogens with zero attached hydrogens (tertiary/aromatic N) is 4. The fourth-order valence-corrected chi connectivity index (χ4v) is 5.54. The van der Waals surface area contributed by atoms with Crippen molar-refractivity contribution in [1.29, 1.82) is 0 Å². The predicted octanol–water partition coefficient (Wildman–Crippen LogP) is 3.05. The second-order valence-corrected chi connectivity index (χ2v) is 9.97. The number of ether oxygens (including phenoxy) is 1. The first-order chi connectivity index (χ1) is 15.0. The fourth-order valence-electron chi connectivity index (χ4n) is 4.02. The molecule has 0 saturated carbocycles. The van der Waals surface area contributed by atoms with Gasteiger partial charge in [0.15, 0.2) is 0 Å². The van der Waals surface area contributed by atoms with Gasteiger partial charge in [0, 0.05) is 38.6 Å². The Hall–Kier alpha value is -2.50. The molecule has 0 N–H and O–H groups in total. The molecule has 0 unspecified atom stereocenters. The largest absolute Gasteiger partial charge is 0.472 e. The van der Waals surface area contributed by atoms with Gasteiger partial charge >= 0.3 is 6.18 Å². The molecule has 1 aromatic heterocycles. The molecule has 2 aliphatic heterocycles. The predicted molar refractivity (Wildman–Crippen MR) is 111 cm³/mol. The van der Waals surface area contributed by atoms with Crippen LogP contribution in [0.2, 0.25) is 0 Å². The zero-order valence-electron chi connectivity index (χ0n) is 17.4. The molecule has 2 aromatic rings. The Kier molecular flexibility index (Phi) is 5.99. The number of fused-ring (bicyclic) bond motifs is 1. The highest BCUT2D eigenvalue weighted by molar-refractivity contribution is 7.89. The minimum absolute atomic E-state index is 0.0861. The molecule has 0 aliphatic carbocycles. The quantitative estimate of drug-likeness (QED) is 0.672. The van der Waals surface area contributed by atoms with Crippen LogP contribution in [-0.4, -0.2) is 65.9 Å². The molecule has 2 aliphatic rings. The number of sulfonamides is 1. The molecular weight excluding hydrogens is 445 g/mol. The number of halogens is 3. The molecule has 3 heterocycles. The summed E-state index contributed by atoms with van der Waals surface area (Å²) in [6, 6.07) is 3.78. The van der Waals surface area contributed by atoms with E-state index in [1.54, 1.807) is 6.20 Å². The third-order valence-corrected chi connectivity index (χ3v) is 7.55. The van der Waals surface area contributed by atoms with Gasteiger partial charge in [0.1, 0.15) is 6.10 Å². The summed E-state index contributed by atoms with van der Waals surface area (Å²) in [4.78, 5) is 10.3. The standard InChI is InChI=1S/C21H23F3N4O3S/c1-14(2)19-10-26-20(11-25-19)31-17-9-16-12-28(7-6-27(16)13-17)32(29,30)18-5-3-4-15(8-18)21(22,23)24/h3-5,8,10-11,16-17H,1,6-7,9,12-13H2,2H3/t16-,17+/m0/s1. The lowest BCUT2D eigenvalue weighted by Gasteiger charge is -2.36. The number of hydrogen-bond donors (Lipinski definition) is 0. The average molecular weight is 469 g/mol. The van der Waals surface area contributed by atoms with Crippen LogP contribution in [0, 0.1) is 0 Å². The Morgan fingerprint density at radius 3 is 2.62 bits per heavy atom. The molecule has 32 heavy (non-hydrogen) atoms. The Morgan fingerprint density at radius 1 is 1.19 bits per heavy atom. The van der Waals surface area contributed by atoms with Crippen LogP contribution in [0.25, 0.3) is 5.57 Å². The number of aromatic nitrogens is 2. The molecule has 0 spiro atoms. The lowest BCUT2D eigenvalue weighted by Crippen LogP contribution is -2.51. The van der Waals surface area contributed by atoms with Crippen molar-refractivity contribution in [3.05, 3.63) is 54.5 Å². The van der Waals surface area contributed by atoms with Gasteiger partial charge in [0.05, 0.1) is 28.5 Å². The molecule has 0 amide bonds. The summed E-state index contributed by atoms with van der Waals surface area (Å²) in [5, 5.41) is 0. The second-order valence-electron chi connectivity index (χ2n) is 8.03. The monoisotopic (exact) mass is 468 g/mol. The van der Waals surface area contributed by atoms with Crippen LogP contribution >= 0.6 is 0 Å². The van der Waals surface area contributed by atoms with Crippen LogP contribution in [0.4, 0.5) is 13.2 Å². The van der Waals surface area contributed by atoms with E-state index in [0.29, 0.717) is 37.2 Å². The number of benzene rings is 1. The molecule has 0 bridgehead atoms. The van der Waals surface area contributed by atoms with Crippen LogP contribution in [0.15, 0.2) is 48.1 Å². The molecule has 2 saturated heterocycles. The smallest absolute Gasteiger partial charge is 0.416 e. The van der Waals surface area contributed by atoms with E-state index in [-0.39, 0.29) is 30.1 Å². The SMILES string of the molecule is C=C(C)c1cnc(O[C@@H]2C[C@H]3CN(S(=O)(=O)c4cccc(C(F)(F)F)c4)CCN3C2)cn1. The highest BCUT2D eigenvalue weighted by atomic mass is 32.2. The highest BCUT2D eigenvalue weighted by Crippen LogP contribution is 2.32. The number of piperazine rings is 1. The van der Waals surface area contributed by atoms with Gasteiger partial charge < -0.3 is 4.74 Å². The first-order valence-electron chi connectivity index (χ1n) is 10.1. The zero-order chi connectivity index (χ0) is 23.1. The van der Waals surface area contributed by atoms with Gasteiger partial charge in [-0.2, -0.15) is 17.5 Å². The maximum absolute atomic E-state index is 13.0. The van der Waals surface area contributed by atoms with Crippen molar-refractivity contribution >= 4 is 15.6 Å². The van der Waals surface area contributed by atoms with E-state index in [0.717, 1.165) is 17.7 Å². The second kappa shape index (κ2) is 8.45. The molecule has 4 rings (SSSR count). The van der Waals surface area contributed by atoms with E-state index in [2.05, 4.69) is 21.4 Å². The summed E-state index contributed by atoms with van der Waals surface area (Å²) in [7, 11) is -4.04. The topological polar surface area (TPSA) is 75.6 Å². The van der Waals surface area contributed by atoms with Gasteiger partial charge in [-0.3, -0.25) is 4.90 Å². The molecule has 11 heteroatoms. The molecule has 7 nitrogen and oxygen atoms in total. The van der Waals surface area contributed by atoms with Crippen LogP contribution in [0.1, 0.15) is 24.6 Å². The van der Waals surface area contributed by atoms with Crippen molar-refractivity contribution in [3.8, 4) is 5.88 Å². The van der Waals surface area contributed by atoms with Gasteiger partial charge in [-0.05, 0) is 30.7 Å². The Morgan fingerprint density at radius 2 is 1.97 bits per heavy atom. The van der Waals surface area contributed by atoms with Crippen LogP contribution in [0.3, 0.4) is 0 Å². The maximum Gasteiger partial charge on any atom is 0.416 e. The molecule has 2 fully saturated rings. The fraction of sp³-hybridized carbons (Fsp3) is 0.429. The lowest BCUT2D eigenvalue weighted by atomic mass is 10.2. The summed E-state index contributed by atoms with van der Waals surface area (Å²) in [5.41, 5.74) is 0.492. The minimum atomic E-state index is -4.61. The molecular formula is C21H23F3N4O3S. The highest BCUT2D eigenvalue weighted by Gasteiger charge is 2.41.